The van der Waals surface area contributed by atoms with Gasteiger partial charge in [0.25, 0.3) is 5.91 Å². The number of rotatable bonds is 10. The minimum absolute atomic E-state index is 0.125. The Balaban J connectivity index is 1.68. The van der Waals surface area contributed by atoms with E-state index in [9.17, 15) is 27.9 Å². The summed E-state index contributed by atoms with van der Waals surface area (Å²) in [7, 11) is 1.75. The van der Waals surface area contributed by atoms with Crippen LogP contribution in [0.25, 0.3) is 11.3 Å². The number of aryl methyl sites for hydroxylation is 1. The van der Waals surface area contributed by atoms with Crippen LogP contribution in [-0.4, -0.2) is 51.3 Å². The van der Waals surface area contributed by atoms with Gasteiger partial charge in [-0.2, -0.15) is 13.2 Å². The van der Waals surface area contributed by atoms with Crippen molar-refractivity contribution in [2.75, 3.05) is 6.61 Å². The van der Waals surface area contributed by atoms with Crippen LogP contribution >= 0.6 is 11.6 Å². The smallest absolute Gasteiger partial charge is 0.425 e. The summed E-state index contributed by atoms with van der Waals surface area (Å²) >= 11 is 6.05. The van der Waals surface area contributed by atoms with Crippen LogP contribution in [0.2, 0.25) is 5.02 Å². The Morgan fingerprint density at radius 1 is 1.19 bits per heavy atom. The van der Waals surface area contributed by atoms with Gasteiger partial charge in [-0.05, 0) is 43.5 Å². The Kier molecular flexibility index (Phi) is 8.98. The van der Waals surface area contributed by atoms with E-state index in [2.05, 4.69) is 10.3 Å². The molecular weight excluding hydrogens is 511 g/mol. The first-order chi connectivity index (χ1) is 17.4. The standard InChI is InChI=1S/C26H27ClF3N3O4/c1-15(35)24-32-22(14-33(24)3)18-6-4-17(5-7-18)12-20(10-11-34)31-25(36)19-8-9-23(21(27)13-19)37-16(2)26(28,29)30/h4-9,13-14,16,20,34H,10-12H2,1-3H3,(H,31,36)/t16-,20-/m1/s1. The van der Waals surface area contributed by atoms with Gasteiger partial charge in [-0.25, -0.2) is 4.98 Å². The minimum Gasteiger partial charge on any atom is -0.480 e. The molecule has 0 saturated heterocycles. The first-order valence-corrected chi connectivity index (χ1v) is 11.8. The molecule has 1 aromatic heterocycles. The highest BCUT2D eigenvalue weighted by Crippen LogP contribution is 2.30. The van der Waals surface area contributed by atoms with Gasteiger partial charge < -0.3 is 19.7 Å². The molecule has 0 aliphatic heterocycles. The van der Waals surface area contributed by atoms with Crippen molar-refractivity contribution < 1.29 is 32.6 Å². The zero-order chi connectivity index (χ0) is 27.3. The minimum atomic E-state index is -4.55. The number of imidazole rings is 1. The summed E-state index contributed by atoms with van der Waals surface area (Å²) in [6.07, 6.45) is -4.13. The van der Waals surface area contributed by atoms with Gasteiger partial charge in [0.15, 0.2) is 17.7 Å². The van der Waals surface area contributed by atoms with Gasteiger partial charge in [-0.3, -0.25) is 9.59 Å². The van der Waals surface area contributed by atoms with E-state index in [0.717, 1.165) is 18.1 Å². The Morgan fingerprint density at radius 2 is 1.86 bits per heavy atom. The van der Waals surface area contributed by atoms with Crippen LogP contribution in [0.1, 0.15) is 46.8 Å². The van der Waals surface area contributed by atoms with Crippen LogP contribution in [0.15, 0.2) is 48.7 Å². The Hall–Kier alpha value is -3.37. The number of nitrogens with zero attached hydrogens (tertiary/aromatic N) is 2. The van der Waals surface area contributed by atoms with Crippen LogP contribution < -0.4 is 10.1 Å². The number of ether oxygens (including phenoxy) is 1. The molecule has 0 aliphatic rings. The second kappa shape index (κ2) is 11.8. The molecule has 7 nitrogen and oxygen atoms in total. The second-order valence-electron chi connectivity index (χ2n) is 8.65. The first-order valence-electron chi connectivity index (χ1n) is 11.5. The Bertz CT molecular complexity index is 1260. The summed E-state index contributed by atoms with van der Waals surface area (Å²) in [5.74, 6) is -0.442. The quantitative estimate of drug-likeness (QED) is 0.355. The highest BCUT2D eigenvalue weighted by Gasteiger charge is 2.38. The molecule has 198 valence electrons. The maximum atomic E-state index is 12.8. The lowest BCUT2D eigenvalue weighted by atomic mass is 10.0. The number of carbonyl (C=O) groups is 2. The molecule has 1 amide bonds. The zero-order valence-electron chi connectivity index (χ0n) is 20.5. The van der Waals surface area contributed by atoms with E-state index in [1.165, 1.54) is 25.1 Å². The SMILES string of the molecule is CC(=O)c1nc(-c2ccc(C[C@@H](CCO)NC(=O)c3ccc(O[C@H](C)C(F)(F)F)c(Cl)c3)cc2)cn1C. The Labute approximate surface area is 217 Å². The average Bonchev–Trinajstić information content (AvgIpc) is 3.22. The summed E-state index contributed by atoms with van der Waals surface area (Å²) in [5.41, 5.74) is 2.53. The summed E-state index contributed by atoms with van der Waals surface area (Å²) < 4.78 is 44.8. The number of aromatic nitrogens is 2. The maximum Gasteiger partial charge on any atom is 0.425 e. The lowest BCUT2D eigenvalue weighted by Crippen LogP contribution is -2.37. The van der Waals surface area contributed by atoms with Crippen LogP contribution in [0, 0.1) is 0 Å². The third-order valence-electron chi connectivity index (χ3n) is 5.69. The molecule has 0 fully saturated rings. The van der Waals surface area contributed by atoms with Crippen LogP contribution in [0.3, 0.4) is 0 Å². The highest BCUT2D eigenvalue weighted by molar-refractivity contribution is 6.32. The number of nitrogens with one attached hydrogen (secondary N) is 1. The molecule has 37 heavy (non-hydrogen) atoms. The number of alkyl halides is 3. The molecule has 3 rings (SSSR count). The number of ketones is 1. The highest BCUT2D eigenvalue weighted by atomic mass is 35.5. The molecule has 11 heteroatoms. The van der Waals surface area contributed by atoms with Crippen molar-refractivity contribution in [2.24, 2.45) is 7.05 Å². The van der Waals surface area contributed by atoms with Crippen molar-refractivity contribution in [3.63, 3.8) is 0 Å². The second-order valence-corrected chi connectivity index (χ2v) is 9.05. The Morgan fingerprint density at radius 3 is 2.41 bits per heavy atom. The normalized spacial score (nSPS) is 13.2. The maximum absolute atomic E-state index is 12.8. The van der Waals surface area contributed by atoms with Crippen LogP contribution in [0.4, 0.5) is 13.2 Å². The molecule has 1 heterocycles. The van der Waals surface area contributed by atoms with Gasteiger partial charge in [0.1, 0.15) is 5.75 Å². The molecule has 2 N–H and O–H groups in total. The molecule has 0 unspecified atom stereocenters. The number of aliphatic hydroxyl groups is 1. The number of hydrogen-bond acceptors (Lipinski definition) is 5. The van der Waals surface area contributed by atoms with E-state index in [4.69, 9.17) is 16.3 Å². The van der Waals surface area contributed by atoms with E-state index in [1.807, 2.05) is 24.3 Å². The van der Waals surface area contributed by atoms with Crippen molar-refractivity contribution in [1.29, 1.82) is 0 Å². The van der Waals surface area contributed by atoms with E-state index in [1.54, 1.807) is 17.8 Å². The molecule has 3 aromatic rings. The summed E-state index contributed by atoms with van der Waals surface area (Å²) in [6.45, 7) is 2.16. The molecule has 0 bridgehead atoms. The van der Waals surface area contributed by atoms with E-state index in [0.29, 0.717) is 17.9 Å². The van der Waals surface area contributed by atoms with Gasteiger partial charge in [-0.15, -0.1) is 0 Å². The van der Waals surface area contributed by atoms with E-state index < -0.39 is 24.2 Å². The number of amides is 1. The van der Waals surface area contributed by atoms with Crippen molar-refractivity contribution >= 4 is 23.3 Å². The number of aliphatic hydroxyl groups excluding tert-OH is 1. The summed E-state index contributed by atoms with van der Waals surface area (Å²) in [6, 6.07) is 10.8. The first kappa shape index (κ1) is 28.2. The van der Waals surface area contributed by atoms with Crippen LogP contribution in [0.5, 0.6) is 5.75 Å². The predicted octanol–water partition coefficient (Wildman–Crippen LogP) is 5.00. The number of Topliss-reactive ketones (excluding diaryl/α,β-unsaturated/α-hetero) is 1. The lowest BCUT2D eigenvalue weighted by molar-refractivity contribution is -0.189. The molecule has 0 radical (unpaired) electrons. The van der Waals surface area contributed by atoms with Crippen molar-refractivity contribution in [3.8, 4) is 17.0 Å². The number of halogens is 4. The van der Waals surface area contributed by atoms with Gasteiger partial charge in [0.2, 0.25) is 0 Å². The van der Waals surface area contributed by atoms with Gasteiger partial charge in [-0.1, -0.05) is 35.9 Å². The molecule has 2 aromatic carbocycles. The molecular formula is C26H27ClF3N3O4. The molecule has 0 saturated carbocycles. The molecule has 0 aliphatic carbocycles. The van der Waals surface area contributed by atoms with Gasteiger partial charge >= 0.3 is 6.18 Å². The number of carbonyl (C=O) groups excluding carboxylic acids is 2. The van der Waals surface area contributed by atoms with Gasteiger partial charge in [0, 0.05) is 43.9 Å². The van der Waals surface area contributed by atoms with Gasteiger partial charge in [0.05, 0.1) is 10.7 Å². The fraction of sp³-hybridized carbons (Fsp3) is 0.346. The largest absolute Gasteiger partial charge is 0.480 e. The van der Waals surface area contributed by atoms with Crippen molar-refractivity contribution in [3.05, 3.63) is 70.6 Å². The predicted molar refractivity (Wildman–Crippen MR) is 133 cm³/mol. The topological polar surface area (TPSA) is 93.4 Å². The van der Waals surface area contributed by atoms with E-state index >= 15 is 0 Å². The van der Waals surface area contributed by atoms with Crippen molar-refractivity contribution in [2.45, 2.75) is 45.0 Å². The van der Waals surface area contributed by atoms with E-state index in [-0.39, 0.29) is 35.1 Å². The fourth-order valence-electron chi connectivity index (χ4n) is 3.67. The summed E-state index contributed by atoms with van der Waals surface area (Å²) in [5, 5.41) is 12.2. The number of hydrogen-bond donors (Lipinski definition) is 2. The molecule has 0 spiro atoms. The summed E-state index contributed by atoms with van der Waals surface area (Å²) in [4.78, 5) is 28.8. The van der Waals surface area contributed by atoms with Crippen molar-refractivity contribution in [1.82, 2.24) is 14.9 Å². The third kappa shape index (κ3) is 7.33. The zero-order valence-corrected chi connectivity index (χ0v) is 21.2. The monoisotopic (exact) mass is 537 g/mol. The number of benzene rings is 2. The fourth-order valence-corrected chi connectivity index (χ4v) is 3.90. The molecule has 2 atom stereocenters. The average molecular weight is 538 g/mol. The lowest BCUT2D eigenvalue weighted by Gasteiger charge is -2.20. The third-order valence-corrected chi connectivity index (χ3v) is 5.99. The van der Waals surface area contributed by atoms with Crippen LogP contribution in [-0.2, 0) is 13.5 Å².